The molecule has 0 aliphatic rings. The highest BCUT2D eigenvalue weighted by molar-refractivity contribution is 6.30. The van der Waals surface area contributed by atoms with Crippen molar-refractivity contribution < 1.29 is 27.5 Å². The van der Waals surface area contributed by atoms with Crippen LogP contribution in [0.5, 0.6) is 5.75 Å². The number of nitrogens with two attached hydrogens (primary N) is 1. The summed E-state index contributed by atoms with van der Waals surface area (Å²) in [5.41, 5.74) is 3.53. The Hall–Kier alpha value is -3.53. The van der Waals surface area contributed by atoms with Crippen molar-refractivity contribution in [3.63, 3.8) is 0 Å². The molecule has 1 heterocycles. The van der Waals surface area contributed by atoms with Crippen molar-refractivity contribution in [3.8, 4) is 11.4 Å². The first-order chi connectivity index (χ1) is 14.6. The van der Waals surface area contributed by atoms with Crippen LogP contribution in [0.4, 0.5) is 18.9 Å². The Morgan fingerprint density at radius 3 is 2.32 bits per heavy atom. The number of carbonyl (C=O) groups is 2. The van der Waals surface area contributed by atoms with Gasteiger partial charge < -0.3 is 15.8 Å². The third-order valence-corrected chi connectivity index (χ3v) is 4.33. The molecule has 1 aromatic heterocycles. The minimum absolute atomic E-state index is 0.0380. The molecular weight excluding hydrogens is 437 g/mol. The molecule has 162 valence electrons. The maximum atomic E-state index is 13.7. The van der Waals surface area contributed by atoms with Gasteiger partial charge in [-0.2, -0.15) is 18.3 Å². The van der Waals surface area contributed by atoms with Crippen LogP contribution in [0, 0.1) is 0 Å². The third-order valence-electron chi connectivity index (χ3n) is 4.08. The van der Waals surface area contributed by atoms with Crippen LogP contribution in [0.15, 0.2) is 54.7 Å². The monoisotopic (exact) mass is 452 g/mol. The van der Waals surface area contributed by atoms with Crippen LogP contribution in [-0.2, 0) is 11.0 Å². The first-order valence-corrected chi connectivity index (χ1v) is 9.26. The highest BCUT2D eigenvalue weighted by Gasteiger charge is 2.40. The minimum Gasteiger partial charge on any atom is -0.493 e. The fourth-order valence-electron chi connectivity index (χ4n) is 2.67. The molecule has 3 N–H and O–H groups in total. The molecule has 0 spiro atoms. The van der Waals surface area contributed by atoms with Gasteiger partial charge in [-0.15, -0.1) is 0 Å². The van der Waals surface area contributed by atoms with Crippen LogP contribution < -0.4 is 15.8 Å². The molecule has 3 rings (SSSR count). The van der Waals surface area contributed by atoms with Gasteiger partial charge in [-0.05, 0) is 48.5 Å². The second-order valence-corrected chi connectivity index (χ2v) is 6.77. The van der Waals surface area contributed by atoms with E-state index in [1.807, 2.05) is 0 Å². The average Bonchev–Trinajstić information content (AvgIpc) is 3.15. The number of benzene rings is 2. The van der Waals surface area contributed by atoms with Crippen LogP contribution in [0.2, 0.25) is 5.02 Å². The first-order valence-electron chi connectivity index (χ1n) is 8.89. The number of ether oxygens (including phenoxy) is 1. The summed E-state index contributed by atoms with van der Waals surface area (Å²) in [5.74, 6) is -1.08. The van der Waals surface area contributed by atoms with Gasteiger partial charge in [0.25, 0.3) is 5.91 Å². The molecule has 3 aromatic rings. The van der Waals surface area contributed by atoms with E-state index in [1.54, 1.807) is 0 Å². The highest BCUT2D eigenvalue weighted by Crippen LogP contribution is 2.34. The number of halogens is 4. The SMILES string of the molecule is NC(=O)CCOc1ccc(NC(=O)c2cnn(-c3ccc(Cl)cc3)c2C(F)(F)F)cc1. The molecule has 0 aliphatic heterocycles. The number of alkyl halides is 3. The van der Waals surface area contributed by atoms with E-state index in [-0.39, 0.29) is 24.4 Å². The lowest BCUT2D eigenvalue weighted by molar-refractivity contribution is -0.143. The second kappa shape index (κ2) is 9.09. The smallest absolute Gasteiger partial charge is 0.434 e. The van der Waals surface area contributed by atoms with Gasteiger partial charge in [-0.3, -0.25) is 9.59 Å². The maximum absolute atomic E-state index is 13.7. The van der Waals surface area contributed by atoms with Gasteiger partial charge >= 0.3 is 6.18 Å². The van der Waals surface area contributed by atoms with E-state index in [1.165, 1.54) is 48.5 Å². The summed E-state index contributed by atoms with van der Waals surface area (Å²) in [6, 6.07) is 11.5. The van der Waals surface area contributed by atoms with Crippen LogP contribution in [0.1, 0.15) is 22.5 Å². The van der Waals surface area contributed by atoms with Crippen molar-refractivity contribution in [2.45, 2.75) is 12.6 Å². The van der Waals surface area contributed by atoms with Gasteiger partial charge in [-0.1, -0.05) is 11.6 Å². The van der Waals surface area contributed by atoms with Gasteiger partial charge in [0.2, 0.25) is 5.91 Å². The van der Waals surface area contributed by atoms with Crippen LogP contribution in [0.25, 0.3) is 5.69 Å². The normalized spacial score (nSPS) is 11.2. The first kappa shape index (κ1) is 22.2. The number of nitrogens with zero attached hydrogens (tertiary/aromatic N) is 2. The summed E-state index contributed by atoms with van der Waals surface area (Å²) < 4.78 is 47.1. The largest absolute Gasteiger partial charge is 0.493 e. The third kappa shape index (κ3) is 5.54. The predicted molar refractivity (Wildman–Crippen MR) is 107 cm³/mol. The number of rotatable bonds is 7. The summed E-state index contributed by atoms with van der Waals surface area (Å²) in [6.07, 6.45) is -3.94. The lowest BCUT2D eigenvalue weighted by Gasteiger charge is -2.13. The topological polar surface area (TPSA) is 99.2 Å². The molecule has 0 saturated carbocycles. The molecule has 0 fully saturated rings. The Morgan fingerprint density at radius 2 is 1.74 bits per heavy atom. The van der Waals surface area contributed by atoms with Gasteiger partial charge in [0, 0.05) is 10.7 Å². The number of nitrogens with one attached hydrogen (secondary N) is 1. The van der Waals surface area contributed by atoms with Crippen molar-refractivity contribution in [1.82, 2.24) is 9.78 Å². The number of anilines is 1. The molecule has 0 bridgehead atoms. The van der Waals surface area contributed by atoms with Crippen molar-refractivity contribution in [1.29, 1.82) is 0 Å². The molecule has 11 heteroatoms. The van der Waals surface area contributed by atoms with Gasteiger partial charge in [-0.25, -0.2) is 4.68 Å². The molecule has 2 aromatic carbocycles. The Balaban J connectivity index is 1.80. The molecule has 0 radical (unpaired) electrons. The number of hydrogen-bond donors (Lipinski definition) is 2. The van der Waals surface area contributed by atoms with Crippen molar-refractivity contribution in [2.24, 2.45) is 5.73 Å². The van der Waals surface area contributed by atoms with Gasteiger partial charge in [0.05, 0.1) is 30.5 Å². The Bertz CT molecular complexity index is 1080. The molecule has 0 unspecified atom stereocenters. The number of amides is 2. The van der Waals surface area contributed by atoms with E-state index < -0.39 is 29.2 Å². The number of primary amides is 1. The zero-order valence-electron chi connectivity index (χ0n) is 15.8. The second-order valence-electron chi connectivity index (χ2n) is 6.34. The Morgan fingerprint density at radius 1 is 1.10 bits per heavy atom. The summed E-state index contributed by atoms with van der Waals surface area (Å²) in [7, 11) is 0. The molecule has 2 amide bonds. The molecule has 7 nitrogen and oxygen atoms in total. The number of carbonyl (C=O) groups excluding carboxylic acids is 2. The van der Waals surface area contributed by atoms with Crippen molar-refractivity contribution >= 4 is 29.1 Å². The van der Waals surface area contributed by atoms with E-state index in [9.17, 15) is 22.8 Å². The van der Waals surface area contributed by atoms with E-state index in [4.69, 9.17) is 22.1 Å². The summed E-state index contributed by atoms with van der Waals surface area (Å²) in [6.45, 7) is 0.0832. The summed E-state index contributed by atoms with van der Waals surface area (Å²) in [4.78, 5) is 23.3. The fourth-order valence-corrected chi connectivity index (χ4v) is 2.79. The van der Waals surface area contributed by atoms with Crippen molar-refractivity contribution in [3.05, 3.63) is 71.0 Å². The lowest BCUT2D eigenvalue weighted by Crippen LogP contribution is -2.20. The molecule has 0 aliphatic carbocycles. The van der Waals surface area contributed by atoms with Crippen LogP contribution in [0.3, 0.4) is 0 Å². The molecule has 0 atom stereocenters. The lowest BCUT2D eigenvalue weighted by atomic mass is 10.2. The van der Waals surface area contributed by atoms with E-state index >= 15 is 0 Å². The van der Waals surface area contributed by atoms with Crippen LogP contribution >= 0.6 is 11.6 Å². The van der Waals surface area contributed by atoms with Crippen LogP contribution in [-0.4, -0.2) is 28.2 Å². The minimum atomic E-state index is -4.83. The maximum Gasteiger partial charge on any atom is 0.434 e. The predicted octanol–water partition coefficient (Wildman–Crippen LogP) is 4.05. The van der Waals surface area contributed by atoms with E-state index in [2.05, 4.69) is 10.4 Å². The van der Waals surface area contributed by atoms with Crippen molar-refractivity contribution in [2.75, 3.05) is 11.9 Å². The zero-order valence-corrected chi connectivity index (χ0v) is 16.6. The Labute approximate surface area is 179 Å². The molecule has 0 saturated heterocycles. The molecule has 31 heavy (non-hydrogen) atoms. The van der Waals surface area contributed by atoms with E-state index in [0.717, 1.165) is 6.20 Å². The average molecular weight is 453 g/mol. The summed E-state index contributed by atoms with van der Waals surface area (Å²) >= 11 is 5.78. The fraction of sp³-hybridized carbons (Fsp3) is 0.150. The molecular formula is C20H16ClF3N4O3. The Kier molecular flexibility index (Phi) is 6.50. The number of aromatic nitrogens is 2. The van der Waals surface area contributed by atoms with Gasteiger partial charge in [0.15, 0.2) is 5.69 Å². The standard InChI is InChI=1S/C20H16ClF3N4O3/c21-12-1-5-14(6-2-12)28-18(20(22,23)24)16(11-26-28)19(30)27-13-3-7-15(8-4-13)31-10-9-17(25)29/h1-8,11H,9-10H2,(H2,25,29)(H,27,30). The quantitative estimate of drug-likeness (QED) is 0.565. The van der Waals surface area contributed by atoms with Gasteiger partial charge in [0.1, 0.15) is 5.75 Å². The summed E-state index contributed by atoms with van der Waals surface area (Å²) in [5, 5.41) is 6.50. The zero-order chi connectivity index (χ0) is 22.6. The number of hydrogen-bond acceptors (Lipinski definition) is 4. The highest BCUT2D eigenvalue weighted by atomic mass is 35.5. The van der Waals surface area contributed by atoms with E-state index in [0.29, 0.717) is 15.5 Å².